The number of benzene rings is 1. The van der Waals surface area contributed by atoms with Crippen LogP contribution in [0.5, 0.6) is 5.75 Å². The molecular formula is C12H17ClN2O2. The SMILES string of the molecule is CCOCC(C)Oc1ccc(Cl)cc1C(=N)N. The van der Waals surface area contributed by atoms with E-state index in [0.29, 0.717) is 29.5 Å². The summed E-state index contributed by atoms with van der Waals surface area (Å²) < 4.78 is 10.9. The molecule has 3 N–H and O–H groups in total. The van der Waals surface area contributed by atoms with Crippen LogP contribution in [0.25, 0.3) is 0 Å². The van der Waals surface area contributed by atoms with Gasteiger partial charge in [0.25, 0.3) is 0 Å². The first-order chi connectivity index (χ1) is 8.04. The van der Waals surface area contributed by atoms with Crippen molar-refractivity contribution in [2.45, 2.75) is 20.0 Å². The summed E-state index contributed by atoms with van der Waals surface area (Å²) in [5.74, 6) is 0.486. The molecule has 0 aromatic heterocycles. The number of amidine groups is 1. The van der Waals surface area contributed by atoms with E-state index < -0.39 is 0 Å². The highest BCUT2D eigenvalue weighted by Crippen LogP contribution is 2.23. The van der Waals surface area contributed by atoms with Gasteiger partial charge < -0.3 is 15.2 Å². The highest BCUT2D eigenvalue weighted by Gasteiger charge is 2.11. The molecule has 0 radical (unpaired) electrons. The predicted octanol–water partition coefficient (Wildman–Crippen LogP) is 2.43. The normalized spacial score (nSPS) is 12.2. The van der Waals surface area contributed by atoms with E-state index in [1.54, 1.807) is 18.2 Å². The van der Waals surface area contributed by atoms with Crippen molar-refractivity contribution in [3.63, 3.8) is 0 Å². The predicted molar refractivity (Wildman–Crippen MR) is 69.1 cm³/mol. The van der Waals surface area contributed by atoms with Crippen LogP contribution in [0.1, 0.15) is 19.4 Å². The third-order valence-corrected chi connectivity index (χ3v) is 2.35. The zero-order valence-electron chi connectivity index (χ0n) is 10.00. The van der Waals surface area contributed by atoms with Crippen molar-refractivity contribution < 1.29 is 9.47 Å². The molecule has 0 aliphatic rings. The van der Waals surface area contributed by atoms with Crippen LogP contribution in [0.3, 0.4) is 0 Å². The number of halogens is 1. The Morgan fingerprint density at radius 3 is 2.82 bits per heavy atom. The lowest BCUT2D eigenvalue weighted by Gasteiger charge is -2.17. The molecule has 0 aliphatic heterocycles. The Bertz CT molecular complexity index is 396. The molecule has 0 fully saturated rings. The summed E-state index contributed by atoms with van der Waals surface area (Å²) in [6.45, 7) is 4.97. The topological polar surface area (TPSA) is 68.3 Å². The van der Waals surface area contributed by atoms with Gasteiger partial charge >= 0.3 is 0 Å². The Kier molecular flexibility index (Phi) is 5.25. The van der Waals surface area contributed by atoms with Crippen molar-refractivity contribution in [1.29, 1.82) is 5.41 Å². The molecule has 0 bridgehead atoms. The van der Waals surface area contributed by atoms with Crippen LogP contribution < -0.4 is 10.5 Å². The summed E-state index contributed by atoms with van der Waals surface area (Å²) in [5, 5.41) is 7.99. The number of nitrogen functional groups attached to an aromatic ring is 1. The molecule has 4 nitrogen and oxygen atoms in total. The van der Waals surface area contributed by atoms with Gasteiger partial charge in [-0.15, -0.1) is 0 Å². The summed E-state index contributed by atoms with van der Waals surface area (Å²) in [6.07, 6.45) is -0.103. The van der Waals surface area contributed by atoms with E-state index >= 15 is 0 Å². The Balaban J connectivity index is 2.79. The number of nitrogens with one attached hydrogen (secondary N) is 1. The van der Waals surface area contributed by atoms with Crippen molar-refractivity contribution in [2.24, 2.45) is 5.73 Å². The van der Waals surface area contributed by atoms with E-state index in [2.05, 4.69) is 0 Å². The number of ether oxygens (including phenoxy) is 2. The third-order valence-electron chi connectivity index (χ3n) is 2.12. The molecule has 0 amide bonds. The molecular weight excluding hydrogens is 240 g/mol. The minimum absolute atomic E-state index is 0.0638. The van der Waals surface area contributed by atoms with Crippen LogP contribution in [0.2, 0.25) is 5.02 Å². The van der Waals surface area contributed by atoms with E-state index in [1.807, 2.05) is 13.8 Å². The van der Waals surface area contributed by atoms with Gasteiger partial charge in [0.05, 0.1) is 12.2 Å². The lowest BCUT2D eigenvalue weighted by atomic mass is 10.2. The minimum Gasteiger partial charge on any atom is -0.488 e. The van der Waals surface area contributed by atoms with Gasteiger partial charge in [0.15, 0.2) is 0 Å². The summed E-state index contributed by atoms with van der Waals surface area (Å²) in [6, 6.07) is 5.03. The van der Waals surface area contributed by atoms with Gasteiger partial charge in [-0.3, -0.25) is 5.41 Å². The molecule has 1 unspecified atom stereocenters. The van der Waals surface area contributed by atoms with Gasteiger partial charge in [-0.2, -0.15) is 0 Å². The maximum Gasteiger partial charge on any atom is 0.130 e. The lowest BCUT2D eigenvalue weighted by Crippen LogP contribution is -2.21. The number of hydrogen-bond acceptors (Lipinski definition) is 3. The van der Waals surface area contributed by atoms with Crippen molar-refractivity contribution in [2.75, 3.05) is 13.2 Å². The summed E-state index contributed by atoms with van der Waals surface area (Å²) in [5.41, 5.74) is 5.97. The first-order valence-corrected chi connectivity index (χ1v) is 5.80. The van der Waals surface area contributed by atoms with Gasteiger partial charge in [-0.1, -0.05) is 11.6 Å². The van der Waals surface area contributed by atoms with E-state index in [-0.39, 0.29) is 11.9 Å². The van der Waals surface area contributed by atoms with Crippen LogP contribution >= 0.6 is 11.6 Å². The number of nitrogens with two attached hydrogens (primary N) is 1. The molecule has 5 heteroatoms. The highest BCUT2D eigenvalue weighted by molar-refractivity contribution is 6.31. The van der Waals surface area contributed by atoms with Crippen molar-refractivity contribution in [1.82, 2.24) is 0 Å². The average Bonchev–Trinajstić information content (AvgIpc) is 2.28. The summed E-state index contributed by atoms with van der Waals surface area (Å²) in [7, 11) is 0. The van der Waals surface area contributed by atoms with E-state index in [0.717, 1.165) is 0 Å². The zero-order valence-corrected chi connectivity index (χ0v) is 10.8. The fourth-order valence-corrected chi connectivity index (χ4v) is 1.52. The lowest BCUT2D eigenvalue weighted by molar-refractivity contribution is 0.0656. The third kappa shape index (κ3) is 4.24. The Morgan fingerprint density at radius 2 is 2.24 bits per heavy atom. The summed E-state index contributed by atoms with van der Waals surface area (Å²) >= 11 is 5.85. The van der Waals surface area contributed by atoms with Gasteiger partial charge in [-0.25, -0.2) is 0 Å². The second kappa shape index (κ2) is 6.47. The van der Waals surface area contributed by atoms with Crippen LogP contribution in [0, 0.1) is 5.41 Å². The quantitative estimate of drug-likeness (QED) is 0.607. The number of hydrogen-bond donors (Lipinski definition) is 2. The zero-order chi connectivity index (χ0) is 12.8. The Labute approximate surface area is 106 Å². The highest BCUT2D eigenvalue weighted by atomic mass is 35.5. The minimum atomic E-state index is -0.103. The molecule has 0 spiro atoms. The molecule has 1 rings (SSSR count). The Hall–Kier alpha value is -1.26. The Morgan fingerprint density at radius 1 is 1.53 bits per heavy atom. The first kappa shape index (κ1) is 13.8. The van der Waals surface area contributed by atoms with Gasteiger partial charge in [0.2, 0.25) is 0 Å². The van der Waals surface area contributed by atoms with Crippen molar-refractivity contribution in [3.05, 3.63) is 28.8 Å². The maximum atomic E-state index is 7.46. The molecule has 1 atom stereocenters. The molecule has 0 heterocycles. The molecule has 17 heavy (non-hydrogen) atoms. The molecule has 1 aromatic rings. The van der Waals surface area contributed by atoms with E-state index in [1.165, 1.54) is 0 Å². The van der Waals surface area contributed by atoms with Gasteiger partial charge in [-0.05, 0) is 32.0 Å². The van der Waals surface area contributed by atoms with Crippen LogP contribution in [-0.4, -0.2) is 25.2 Å². The molecule has 94 valence electrons. The monoisotopic (exact) mass is 256 g/mol. The van der Waals surface area contributed by atoms with Crippen molar-refractivity contribution >= 4 is 17.4 Å². The van der Waals surface area contributed by atoms with Gasteiger partial charge in [0.1, 0.15) is 17.7 Å². The van der Waals surface area contributed by atoms with Crippen molar-refractivity contribution in [3.8, 4) is 5.75 Å². The van der Waals surface area contributed by atoms with Crippen LogP contribution in [0.15, 0.2) is 18.2 Å². The second-order valence-corrected chi connectivity index (χ2v) is 4.08. The maximum absolute atomic E-state index is 7.46. The molecule has 0 saturated carbocycles. The van der Waals surface area contributed by atoms with Crippen LogP contribution in [0.4, 0.5) is 0 Å². The average molecular weight is 257 g/mol. The second-order valence-electron chi connectivity index (χ2n) is 3.64. The fraction of sp³-hybridized carbons (Fsp3) is 0.417. The molecule has 0 saturated heterocycles. The smallest absolute Gasteiger partial charge is 0.130 e. The largest absolute Gasteiger partial charge is 0.488 e. The molecule has 1 aromatic carbocycles. The van der Waals surface area contributed by atoms with E-state index in [4.69, 9.17) is 32.2 Å². The summed E-state index contributed by atoms with van der Waals surface area (Å²) in [4.78, 5) is 0. The first-order valence-electron chi connectivity index (χ1n) is 5.43. The van der Waals surface area contributed by atoms with E-state index in [9.17, 15) is 0 Å². The number of rotatable bonds is 6. The van der Waals surface area contributed by atoms with Gasteiger partial charge in [0, 0.05) is 11.6 Å². The van der Waals surface area contributed by atoms with Crippen LogP contribution in [-0.2, 0) is 4.74 Å². The standard InChI is InChI=1S/C12H17ClN2O2/c1-3-16-7-8(2)17-11-5-4-9(13)6-10(11)12(14)15/h4-6,8H,3,7H2,1-2H3,(H3,14,15). The molecule has 0 aliphatic carbocycles. The fourth-order valence-electron chi connectivity index (χ4n) is 1.35.